The van der Waals surface area contributed by atoms with Crippen LogP contribution in [0.4, 0.5) is 0 Å². The summed E-state index contributed by atoms with van der Waals surface area (Å²) in [6, 6.07) is 9.61. The summed E-state index contributed by atoms with van der Waals surface area (Å²) in [4.78, 5) is 0. The van der Waals surface area contributed by atoms with Crippen LogP contribution in [0.3, 0.4) is 0 Å². The maximum atomic E-state index is 10.3. The van der Waals surface area contributed by atoms with Crippen LogP contribution in [0.15, 0.2) is 30.3 Å². The smallest absolute Gasteiger partial charge is 0.189 e. The Morgan fingerprint density at radius 1 is 1.12 bits per heavy atom. The Balaban J connectivity index is 2.01. The zero-order valence-corrected chi connectivity index (χ0v) is 9.86. The molecule has 88 valence electrons. The molecule has 1 aliphatic carbocycles. The third-order valence-corrected chi connectivity index (χ3v) is 3.26. The van der Waals surface area contributed by atoms with E-state index < -0.39 is 5.79 Å². The summed E-state index contributed by atoms with van der Waals surface area (Å²) in [7, 11) is 0. The lowest BCUT2D eigenvalue weighted by molar-refractivity contribution is -0.231. The minimum atomic E-state index is -1.15. The first-order valence-electron chi connectivity index (χ1n) is 6.14. The molecular formula is C14H20O2. The molecule has 1 unspecified atom stereocenters. The summed E-state index contributed by atoms with van der Waals surface area (Å²) in [5.41, 5.74) is 0.834. The van der Waals surface area contributed by atoms with Gasteiger partial charge in [-0.15, -0.1) is 0 Å². The van der Waals surface area contributed by atoms with Crippen molar-refractivity contribution in [1.29, 1.82) is 0 Å². The summed E-state index contributed by atoms with van der Waals surface area (Å²) in [6.07, 6.45) is 6.09. The zero-order chi connectivity index (χ0) is 11.4. The zero-order valence-electron chi connectivity index (χ0n) is 9.86. The number of benzene rings is 1. The van der Waals surface area contributed by atoms with E-state index in [-0.39, 0.29) is 6.10 Å². The van der Waals surface area contributed by atoms with Gasteiger partial charge in [-0.25, -0.2) is 0 Å². The molecule has 0 heterocycles. The van der Waals surface area contributed by atoms with Gasteiger partial charge in [0.2, 0.25) is 0 Å². The number of rotatable bonds is 3. The number of hydrogen-bond acceptors (Lipinski definition) is 2. The molecule has 1 atom stereocenters. The molecule has 0 saturated heterocycles. The van der Waals surface area contributed by atoms with Gasteiger partial charge in [-0.3, -0.25) is 0 Å². The highest BCUT2D eigenvalue weighted by Gasteiger charge is 2.28. The van der Waals surface area contributed by atoms with Crippen molar-refractivity contribution in [2.45, 2.75) is 50.9 Å². The molecule has 1 N–H and O–H groups in total. The third kappa shape index (κ3) is 2.83. The van der Waals surface area contributed by atoms with E-state index >= 15 is 0 Å². The first-order chi connectivity index (χ1) is 7.68. The van der Waals surface area contributed by atoms with E-state index in [2.05, 4.69) is 0 Å². The Labute approximate surface area is 97.3 Å². The molecule has 0 aromatic heterocycles. The molecule has 0 bridgehead atoms. The molecule has 0 spiro atoms. The van der Waals surface area contributed by atoms with Crippen molar-refractivity contribution in [3.05, 3.63) is 35.9 Å². The van der Waals surface area contributed by atoms with Crippen LogP contribution in [0.25, 0.3) is 0 Å². The second-order valence-electron chi connectivity index (χ2n) is 4.73. The highest BCUT2D eigenvalue weighted by Crippen LogP contribution is 2.29. The summed E-state index contributed by atoms with van der Waals surface area (Å²) < 4.78 is 5.82. The molecule has 2 nitrogen and oxygen atoms in total. The summed E-state index contributed by atoms with van der Waals surface area (Å²) in [5.74, 6) is -1.15. The average Bonchev–Trinajstić information content (AvgIpc) is 2.31. The molecule has 1 aliphatic rings. The van der Waals surface area contributed by atoms with Crippen molar-refractivity contribution in [2.24, 2.45) is 0 Å². The molecule has 1 fully saturated rings. The van der Waals surface area contributed by atoms with Crippen molar-refractivity contribution in [3.63, 3.8) is 0 Å². The molecule has 1 aromatic carbocycles. The first-order valence-corrected chi connectivity index (χ1v) is 6.14. The molecule has 0 aliphatic heterocycles. The Kier molecular flexibility index (Phi) is 3.62. The van der Waals surface area contributed by atoms with E-state index in [4.69, 9.17) is 4.74 Å². The quantitative estimate of drug-likeness (QED) is 0.793. The van der Waals surface area contributed by atoms with Gasteiger partial charge in [-0.1, -0.05) is 49.6 Å². The fourth-order valence-electron chi connectivity index (χ4n) is 2.32. The lowest BCUT2D eigenvalue weighted by Crippen LogP contribution is -2.32. The van der Waals surface area contributed by atoms with Crippen LogP contribution in [-0.2, 0) is 10.5 Å². The van der Waals surface area contributed by atoms with Crippen molar-refractivity contribution in [3.8, 4) is 0 Å². The second kappa shape index (κ2) is 4.98. The molecule has 0 radical (unpaired) electrons. The van der Waals surface area contributed by atoms with Crippen LogP contribution < -0.4 is 0 Å². The van der Waals surface area contributed by atoms with Gasteiger partial charge in [0.1, 0.15) is 0 Å². The van der Waals surface area contributed by atoms with Crippen molar-refractivity contribution >= 4 is 0 Å². The van der Waals surface area contributed by atoms with Crippen molar-refractivity contribution < 1.29 is 9.84 Å². The van der Waals surface area contributed by atoms with E-state index in [1.165, 1.54) is 19.3 Å². The average molecular weight is 220 g/mol. The number of hydrogen-bond donors (Lipinski definition) is 1. The lowest BCUT2D eigenvalue weighted by atomic mass is 9.97. The standard InChI is InChI=1S/C14H20O2/c1-14(15,12-8-4-2-5-9-12)16-13-10-6-3-7-11-13/h2,4-5,8-9,13,15H,3,6-7,10-11H2,1H3. The van der Waals surface area contributed by atoms with E-state index in [1.807, 2.05) is 30.3 Å². The van der Waals surface area contributed by atoms with Crippen LogP contribution in [0.5, 0.6) is 0 Å². The molecular weight excluding hydrogens is 200 g/mol. The van der Waals surface area contributed by atoms with Crippen LogP contribution >= 0.6 is 0 Å². The van der Waals surface area contributed by atoms with Crippen LogP contribution in [0, 0.1) is 0 Å². The number of ether oxygens (including phenoxy) is 1. The van der Waals surface area contributed by atoms with Gasteiger partial charge in [0.05, 0.1) is 6.10 Å². The fraction of sp³-hybridized carbons (Fsp3) is 0.571. The van der Waals surface area contributed by atoms with Crippen LogP contribution in [-0.4, -0.2) is 11.2 Å². The van der Waals surface area contributed by atoms with Gasteiger partial charge in [0, 0.05) is 5.56 Å². The minimum absolute atomic E-state index is 0.212. The highest BCUT2D eigenvalue weighted by molar-refractivity contribution is 5.19. The molecule has 1 aromatic rings. The molecule has 0 amide bonds. The predicted molar refractivity (Wildman–Crippen MR) is 64.0 cm³/mol. The number of aliphatic hydroxyl groups is 1. The lowest BCUT2D eigenvalue weighted by Gasteiger charge is -2.31. The Hall–Kier alpha value is -0.860. The third-order valence-electron chi connectivity index (χ3n) is 3.26. The van der Waals surface area contributed by atoms with Gasteiger partial charge in [-0.2, -0.15) is 0 Å². The van der Waals surface area contributed by atoms with E-state index in [0.717, 1.165) is 18.4 Å². The molecule has 1 saturated carbocycles. The topological polar surface area (TPSA) is 29.5 Å². The summed E-state index contributed by atoms with van der Waals surface area (Å²) in [6.45, 7) is 1.73. The van der Waals surface area contributed by atoms with Gasteiger partial charge < -0.3 is 9.84 Å². The van der Waals surface area contributed by atoms with Gasteiger partial charge in [0.15, 0.2) is 5.79 Å². The summed E-state index contributed by atoms with van der Waals surface area (Å²) >= 11 is 0. The maximum absolute atomic E-state index is 10.3. The Morgan fingerprint density at radius 2 is 1.75 bits per heavy atom. The Morgan fingerprint density at radius 3 is 2.38 bits per heavy atom. The van der Waals surface area contributed by atoms with Gasteiger partial charge >= 0.3 is 0 Å². The van der Waals surface area contributed by atoms with E-state index in [0.29, 0.717) is 0 Å². The van der Waals surface area contributed by atoms with Gasteiger partial charge in [-0.05, 0) is 19.8 Å². The summed E-state index contributed by atoms with van der Waals surface area (Å²) in [5, 5.41) is 10.3. The highest BCUT2D eigenvalue weighted by atomic mass is 16.6. The maximum Gasteiger partial charge on any atom is 0.189 e. The largest absolute Gasteiger partial charge is 0.362 e. The molecule has 16 heavy (non-hydrogen) atoms. The van der Waals surface area contributed by atoms with Crippen LogP contribution in [0.2, 0.25) is 0 Å². The fourth-order valence-corrected chi connectivity index (χ4v) is 2.32. The van der Waals surface area contributed by atoms with Crippen molar-refractivity contribution in [1.82, 2.24) is 0 Å². The normalized spacial score (nSPS) is 21.6. The molecule has 2 rings (SSSR count). The monoisotopic (exact) mass is 220 g/mol. The van der Waals surface area contributed by atoms with E-state index in [1.54, 1.807) is 6.92 Å². The van der Waals surface area contributed by atoms with Crippen LogP contribution in [0.1, 0.15) is 44.6 Å². The SMILES string of the molecule is CC(O)(OC1CCCCC1)c1ccccc1. The molecule has 2 heteroatoms. The van der Waals surface area contributed by atoms with Gasteiger partial charge in [0.25, 0.3) is 0 Å². The Bertz CT molecular complexity index is 313. The minimum Gasteiger partial charge on any atom is -0.362 e. The van der Waals surface area contributed by atoms with E-state index in [9.17, 15) is 5.11 Å². The first kappa shape index (κ1) is 11.6. The van der Waals surface area contributed by atoms with Crippen molar-refractivity contribution in [2.75, 3.05) is 0 Å². The second-order valence-corrected chi connectivity index (χ2v) is 4.73. The predicted octanol–water partition coefficient (Wildman–Crippen LogP) is 3.20.